The van der Waals surface area contributed by atoms with Gasteiger partial charge in [-0.3, -0.25) is 4.79 Å². The Balaban J connectivity index is 2.85. The van der Waals surface area contributed by atoms with Crippen molar-refractivity contribution in [3.05, 3.63) is 11.8 Å². The average Bonchev–Trinajstić information content (AvgIpc) is 2.34. The largest absolute Gasteiger partial charge is 0.389 e. The van der Waals surface area contributed by atoms with Gasteiger partial charge in [0.05, 0.1) is 0 Å². The Morgan fingerprint density at radius 3 is 2.73 bits per heavy atom. The first kappa shape index (κ1) is 8.00. The van der Waals surface area contributed by atoms with E-state index >= 15 is 0 Å². The number of aromatic nitrogens is 1. The summed E-state index contributed by atoms with van der Waals surface area (Å²) in [5, 5.41) is 0.565. The molecule has 0 aliphatic heterocycles. The fourth-order valence-electron chi connectivity index (χ4n) is 0.619. The van der Waals surface area contributed by atoms with Gasteiger partial charge in [-0.05, 0) is 11.5 Å². The highest BCUT2D eigenvalue weighted by Crippen LogP contribution is 2.12. The molecule has 1 aromatic rings. The standard InChI is InChI=1S/C6H9N3OS/c1-9(2)6(10)4-3-5(7)11-8-4/h3H,7H2,1-2H3. The Labute approximate surface area is 68.8 Å². The lowest BCUT2D eigenvalue weighted by molar-refractivity contribution is 0.0823. The van der Waals surface area contributed by atoms with Gasteiger partial charge in [-0.1, -0.05) is 0 Å². The second-order valence-electron chi connectivity index (χ2n) is 2.31. The van der Waals surface area contributed by atoms with E-state index in [4.69, 9.17) is 5.73 Å². The Morgan fingerprint density at radius 2 is 2.36 bits per heavy atom. The molecule has 0 bridgehead atoms. The number of rotatable bonds is 1. The van der Waals surface area contributed by atoms with Gasteiger partial charge in [0.1, 0.15) is 10.7 Å². The molecule has 1 heterocycles. The van der Waals surface area contributed by atoms with Crippen LogP contribution in [0.4, 0.5) is 5.00 Å². The number of nitrogens with two attached hydrogens (primary N) is 1. The number of carbonyl (C=O) groups excluding carboxylic acids is 1. The van der Waals surface area contributed by atoms with Gasteiger partial charge in [0.2, 0.25) is 0 Å². The normalized spacial score (nSPS) is 9.64. The fourth-order valence-corrected chi connectivity index (χ4v) is 1.12. The number of anilines is 1. The van der Waals surface area contributed by atoms with Crippen molar-refractivity contribution in [2.45, 2.75) is 0 Å². The summed E-state index contributed by atoms with van der Waals surface area (Å²) < 4.78 is 3.86. The van der Waals surface area contributed by atoms with Crippen molar-refractivity contribution in [2.75, 3.05) is 19.8 Å². The minimum absolute atomic E-state index is 0.113. The molecule has 0 saturated heterocycles. The summed E-state index contributed by atoms with van der Waals surface area (Å²) in [4.78, 5) is 12.6. The van der Waals surface area contributed by atoms with Crippen molar-refractivity contribution in [1.82, 2.24) is 9.27 Å². The molecule has 0 aliphatic rings. The van der Waals surface area contributed by atoms with Crippen LogP contribution in [0.25, 0.3) is 0 Å². The molecule has 2 N–H and O–H groups in total. The molecule has 5 heteroatoms. The van der Waals surface area contributed by atoms with Crippen molar-refractivity contribution >= 4 is 22.4 Å². The highest BCUT2D eigenvalue weighted by atomic mass is 32.1. The Kier molecular flexibility index (Phi) is 2.09. The molecule has 0 aliphatic carbocycles. The lowest BCUT2D eigenvalue weighted by Gasteiger charge is -2.05. The highest BCUT2D eigenvalue weighted by molar-refractivity contribution is 7.10. The summed E-state index contributed by atoms with van der Waals surface area (Å²) in [5.41, 5.74) is 5.82. The highest BCUT2D eigenvalue weighted by Gasteiger charge is 2.10. The van der Waals surface area contributed by atoms with Gasteiger partial charge in [0.25, 0.3) is 5.91 Å². The SMILES string of the molecule is CN(C)C(=O)c1cc(N)sn1. The predicted octanol–water partition coefficient (Wildman–Crippen LogP) is 0.427. The van der Waals surface area contributed by atoms with Crippen LogP contribution in [0.5, 0.6) is 0 Å². The van der Waals surface area contributed by atoms with E-state index in [2.05, 4.69) is 4.37 Å². The molecule has 0 saturated carbocycles. The first-order valence-electron chi connectivity index (χ1n) is 3.05. The van der Waals surface area contributed by atoms with E-state index in [1.54, 1.807) is 20.2 Å². The summed E-state index contributed by atoms with van der Waals surface area (Å²) in [6.07, 6.45) is 0. The zero-order chi connectivity index (χ0) is 8.43. The number of carbonyl (C=O) groups is 1. The monoisotopic (exact) mass is 171 g/mol. The summed E-state index contributed by atoms with van der Waals surface area (Å²) in [5.74, 6) is -0.113. The molecule has 1 amide bonds. The molecule has 1 aromatic heterocycles. The molecule has 0 spiro atoms. The minimum atomic E-state index is -0.113. The van der Waals surface area contributed by atoms with Crippen LogP contribution in [0.2, 0.25) is 0 Å². The van der Waals surface area contributed by atoms with Crippen LogP contribution in [0.1, 0.15) is 10.5 Å². The topological polar surface area (TPSA) is 59.2 Å². The van der Waals surface area contributed by atoms with Crippen molar-refractivity contribution < 1.29 is 4.79 Å². The summed E-state index contributed by atoms with van der Waals surface area (Å²) in [7, 11) is 3.36. The molecule has 1 rings (SSSR count). The van der Waals surface area contributed by atoms with Crippen LogP contribution in [-0.2, 0) is 0 Å². The Bertz CT molecular complexity index is 269. The molecular formula is C6H9N3OS. The molecule has 11 heavy (non-hydrogen) atoms. The second-order valence-corrected chi connectivity index (χ2v) is 3.15. The summed E-state index contributed by atoms with van der Waals surface area (Å²) in [6, 6.07) is 1.58. The predicted molar refractivity (Wildman–Crippen MR) is 44.5 cm³/mol. The van der Waals surface area contributed by atoms with Gasteiger partial charge >= 0.3 is 0 Å². The number of nitrogen functional groups attached to an aromatic ring is 1. The van der Waals surface area contributed by atoms with E-state index in [0.717, 1.165) is 11.5 Å². The van der Waals surface area contributed by atoms with Crippen molar-refractivity contribution in [3.8, 4) is 0 Å². The van der Waals surface area contributed by atoms with E-state index in [1.165, 1.54) is 4.90 Å². The van der Waals surface area contributed by atoms with E-state index in [1.807, 2.05) is 0 Å². The third kappa shape index (κ3) is 1.68. The second kappa shape index (κ2) is 2.87. The molecule has 0 atom stereocenters. The molecule has 0 fully saturated rings. The van der Waals surface area contributed by atoms with Crippen molar-refractivity contribution in [1.29, 1.82) is 0 Å². The van der Waals surface area contributed by atoms with Crippen molar-refractivity contribution in [2.24, 2.45) is 0 Å². The van der Waals surface area contributed by atoms with Crippen LogP contribution < -0.4 is 5.73 Å². The zero-order valence-electron chi connectivity index (χ0n) is 6.37. The van der Waals surface area contributed by atoms with Gasteiger partial charge in [0.15, 0.2) is 0 Å². The van der Waals surface area contributed by atoms with Gasteiger partial charge in [-0.15, -0.1) is 0 Å². The van der Waals surface area contributed by atoms with Gasteiger partial charge in [-0.25, -0.2) is 0 Å². The zero-order valence-corrected chi connectivity index (χ0v) is 7.18. The number of hydrogen-bond acceptors (Lipinski definition) is 4. The third-order valence-electron chi connectivity index (χ3n) is 1.15. The maximum Gasteiger partial charge on any atom is 0.273 e. The van der Waals surface area contributed by atoms with Gasteiger partial charge < -0.3 is 10.6 Å². The van der Waals surface area contributed by atoms with Gasteiger partial charge in [0, 0.05) is 20.2 Å². The number of hydrogen-bond donors (Lipinski definition) is 1. The van der Waals surface area contributed by atoms with E-state index in [-0.39, 0.29) is 5.91 Å². The van der Waals surface area contributed by atoms with Crippen LogP contribution in [0, 0.1) is 0 Å². The van der Waals surface area contributed by atoms with E-state index in [0.29, 0.717) is 10.7 Å². The average molecular weight is 171 g/mol. The molecule has 60 valence electrons. The maximum atomic E-state index is 11.2. The number of nitrogens with zero attached hydrogens (tertiary/aromatic N) is 2. The van der Waals surface area contributed by atoms with Crippen LogP contribution in [-0.4, -0.2) is 29.3 Å². The first-order chi connectivity index (χ1) is 5.11. The summed E-state index contributed by atoms with van der Waals surface area (Å²) in [6.45, 7) is 0. The minimum Gasteiger partial charge on any atom is -0.389 e. The Morgan fingerprint density at radius 1 is 1.73 bits per heavy atom. The fraction of sp³-hybridized carbons (Fsp3) is 0.333. The van der Waals surface area contributed by atoms with Crippen LogP contribution in [0.3, 0.4) is 0 Å². The third-order valence-corrected chi connectivity index (χ3v) is 1.77. The lowest BCUT2D eigenvalue weighted by Crippen LogP contribution is -2.21. The number of amides is 1. The van der Waals surface area contributed by atoms with Crippen LogP contribution >= 0.6 is 11.5 Å². The quantitative estimate of drug-likeness (QED) is 0.666. The van der Waals surface area contributed by atoms with Gasteiger partial charge in [-0.2, -0.15) is 4.37 Å². The molecule has 0 aromatic carbocycles. The van der Waals surface area contributed by atoms with E-state index in [9.17, 15) is 4.79 Å². The Hall–Kier alpha value is -1.10. The smallest absolute Gasteiger partial charge is 0.273 e. The molecular weight excluding hydrogens is 162 g/mol. The lowest BCUT2D eigenvalue weighted by atomic mass is 10.4. The van der Waals surface area contributed by atoms with Crippen molar-refractivity contribution in [3.63, 3.8) is 0 Å². The summed E-state index contributed by atoms with van der Waals surface area (Å²) >= 11 is 1.13. The molecule has 4 nitrogen and oxygen atoms in total. The maximum absolute atomic E-state index is 11.2. The van der Waals surface area contributed by atoms with E-state index < -0.39 is 0 Å². The van der Waals surface area contributed by atoms with Crippen LogP contribution in [0.15, 0.2) is 6.07 Å². The molecule has 0 unspecified atom stereocenters. The molecule has 0 radical (unpaired) electrons. The first-order valence-corrected chi connectivity index (χ1v) is 3.82.